The average molecular weight is 409 g/mol. The first-order valence-electron chi connectivity index (χ1n) is 9.81. The van der Waals surface area contributed by atoms with E-state index in [0.29, 0.717) is 62.8 Å². The van der Waals surface area contributed by atoms with Gasteiger partial charge in [-0.3, -0.25) is 9.59 Å². The Morgan fingerprint density at radius 1 is 0.889 bits per heavy atom. The third-order valence-electron chi connectivity index (χ3n) is 4.07. The van der Waals surface area contributed by atoms with Crippen molar-refractivity contribution in [3.05, 3.63) is 0 Å². The Kier molecular flexibility index (Phi) is 13.5. The van der Waals surface area contributed by atoms with Crippen LogP contribution in [0.15, 0.2) is 0 Å². The van der Waals surface area contributed by atoms with Gasteiger partial charge in [0.05, 0.1) is 27.1 Å². The number of esters is 1. The minimum Gasteiger partial charge on any atom is -0.481 e. The summed E-state index contributed by atoms with van der Waals surface area (Å²) in [7, 11) is 1.30. The van der Waals surface area contributed by atoms with E-state index in [0.717, 1.165) is 6.54 Å². The molecule has 27 heavy (non-hydrogen) atoms. The van der Waals surface area contributed by atoms with Crippen molar-refractivity contribution in [2.24, 2.45) is 0 Å². The molecule has 0 atom stereocenters. The van der Waals surface area contributed by atoms with E-state index < -0.39 is 14.8 Å². The molecule has 0 rings (SSSR count). The topological polar surface area (TPSA) is 91.3 Å². The van der Waals surface area contributed by atoms with E-state index in [4.69, 9.17) is 23.1 Å². The van der Waals surface area contributed by atoms with E-state index in [9.17, 15) is 9.59 Å². The van der Waals surface area contributed by atoms with Crippen molar-refractivity contribution < 1.29 is 37.2 Å². The highest BCUT2D eigenvalue weighted by Gasteiger charge is 2.39. The number of carboxylic acid groups (broad SMARTS) is 1. The molecule has 0 unspecified atom stereocenters. The first kappa shape index (κ1) is 26.0. The molecule has 0 spiro atoms. The number of carboxylic acids is 1. The van der Waals surface area contributed by atoms with Gasteiger partial charge < -0.3 is 27.6 Å². The fourth-order valence-electron chi connectivity index (χ4n) is 2.70. The van der Waals surface area contributed by atoms with Gasteiger partial charge in [0.15, 0.2) is 0 Å². The highest BCUT2D eigenvalue weighted by Crippen LogP contribution is 2.19. The molecule has 0 aliphatic heterocycles. The van der Waals surface area contributed by atoms with Crippen LogP contribution < -0.4 is 0 Å². The molecule has 8 nitrogen and oxygen atoms in total. The molecule has 0 amide bonds. The number of quaternary nitrogens is 1. The molecule has 0 saturated heterocycles. The van der Waals surface area contributed by atoms with Gasteiger partial charge in [-0.25, -0.2) is 0 Å². The van der Waals surface area contributed by atoms with Gasteiger partial charge in [0.1, 0.15) is 13.2 Å². The van der Waals surface area contributed by atoms with Gasteiger partial charge in [-0.05, 0) is 27.2 Å². The van der Waals surface area contributed by atoms with Crippen LogP contribution in [-0.2, 0) is 27.6 Å². The van der Waals surface area contributed by atoms with Crippen LogP contribution in [0.2, 0.25) is 6.04 Å². The SMILES string of the molecule is CCO[Si](CCCC(=O)OCC[N+](C)(C)CCCC(=O)O)(OCC)OCC. The average Bonchev–Trinajstić information content (AvgIpc) is 2.54. The standard InChI is InChI=1S/C18H37NO7Si/c1-6-24-27(25-7-2,26-8-3)16-10-12-18(22)23-15-14-19(4,5)13-9-11-17(20)21/h6-16H2,1-5H3/p+1. The minimum atomic E-state index is -2.71. The summed E-state index contributed by atoms with van der Waals surface area (Å²) in [5.74, 6) is -1.03. The molecular weight excluding hydrogens is 370 g/mol. The second-order valence-electron chi connectivity index (χ2n) is 6.94. The molecule has 0 aromatic rings. The molecule has 160 valence electrons. The molecule has 0 radical (unpaired) electrons. The molecule has 0 heterocycles. The number of hydrogen-bond donors (Lipinski definition) is 1. The summed E-state index contributed by atoms with van der Waals surface area (Å²) >= 11 is 0. The van der Waals surface area contributed by atoms with Gasteiger partial charge >= 0.3 is 20.7 Å². The third-order valence-corrected chi connectivity index (χ3v) is 7.22. The summed E-state index contributed by atoms with van der Waals surface area (Å²) in [6.07, 6.45) is 1.66. The lowest BCUT2D eigenvalue weighted by atomic mass is 10.3. The molecular formula is C18H38NO7Si+. The maximum Gasteiger partial charge on any atom is 0.500 e. The second kappa shape index (κ2) is 14.1. The van der Waals surface area contributed by atoms with Crippen molar-refractivity contribution in [3.63, 3.8) is 0 Å². The second-order valence-corrected chi connectivity index (χ2v) is 9.67. The van der Waals surface area contributed by atoms with E-state index in [1.165, 1.54) is 0 Å². The van der Waals surface area contributed by atoms with Gasteiger partial charge in [0.25, 0.3) is 0 Å². The number of carbonyl (C=O) groups is 2. The molecule has 0 saturated carbocycles. The molecule has 0 bridgehead atoms. The van der Waals surface area contributed by atoms with E-state index in [-0.39, 0.29) is 12.4 Å². The lowest BCUT2D eigenvalue weighted by molar-refractivity contribution is -0.890. The summed E-state index contributed by atoms with van der Waals surface area (Å²) in [5.41, 5.74) is 0. The van der Waals surface area contributed by atoms with Crippen molar-refractivity contribution in [3.8, 4) is 0 Å². The van der Waals surface area contributed by atoms with Crippen LogP contribution in [0.3, 0.4) is 0 Å². The predicted molar refractivity (Wildman–Crippen MR) is 104 cm³/mol. The number of ether oxygens (including phenoxy) is 1. The first-order valence-corrected chi connectivity index (χ1v) is 11.7. The van der Waals surface area contributed by atoms with Crippen LogP contribution in [-0.4, -0.2) is 83.9 Å². The number of carbonyl (C=O) groups excluding carboxylic acids is 1. The maximum atomic E-state index is 12.0. The Morgan fingerprint density at radius 3 is 1.93 bits per heavy atom. The maximum absolute atomic E-state index is 12.0. The molecule has 1 N–H and O–H groups in total. The van der Waals surface area contributed by atoms with E-state index in [1.807, 2.05) is 34.9 Å². The Bertz CT molecular complexity index is 415. The fraction of sp³-hybridized carbons (Fsp3) is 0.889. The summed E-state index contributed by atoms with van der Waals surface area (Å²) in [6.45, 7) is 8.99. The van der Waals surface area contributed by atoms with Gasteiger partial charge in [0, 0.05) is 38.7 Å². The number of likely N-dealkylation sites (N-methyl/N-ethyl adjacent to an activating group) is 1. The molecule has 9 heteroatoms. The number of aliphatic carboxylic acids is 1. The zero-order valence-corrected chi connectivity index (χ0v) is 18.6. The third kappa shape index (κ3) is 12.9. The minimum absolute atomic E-state index is 0.159. The van der Waals surface area contributed by atoms with Crippen molar-refractivity contribution in [2.75, 3.05) is 53.6 Å². The fourth-order valence-corrected chi connectivity index (χ4v) is 5.31. The first-order chi connectivity index (χ1) is 12.7. The number of rotatable bonds is 17. The van der Waals surface area contributed by atoms with E-state index in [2.05, 4.69) is 0 Å². The Labute approximate surface area is 164 Å². The van der Waals surface area contributed by atoms with Crippen molar-refractivity contribution in [1.29, 1.82) is 0 Å². The quantitative estimate of drug-likeness (QED) is 0.224. The van der Waals surface area contributed by atoms with Crippen LogP contribution in [0.25, 0.3) is 0 Å². The van der Waals surface area contributed by atoms with Crippen molar-refractivity contribution in [2.45, 2.75) is 52.5 Å². The Hall–Kier alpha value is -1.00. The van der Waals surface area contributed by atoms with Crippen LogP contribution in [0.5, 0.6) is 0 Å². The zero-order chi connectivity index (χ0) is 20.8. The van der Waals surface area contributed by atoms with Gasteiger partial charge in [-0.2, -0.15) is 0 Å². The van der Waals surface area contributed by atoms with Crippen molar-refractivity contribution in [1.82, 2.24) is 0 Å². The normalized spacial score (nSPS) is 12.2. The molecule has 0 aromatic heterocycles. The van der Waals surface area contributed by atoms with Crippen LogP contribution in [0.4, 0.5) is 0 Å². The van der Waals surface area contributed by atoms with E-state index in [1.54, 1.807) is 0 Å². The van der Waals surface area contributed by atoms with Crippen LogP contribution in [0, 0.1) is 0 Å². The van der Waals surface area contributed by atoms with Crippen molar-refractivity contribution >= 4 is 20.7 Å². The number of nitrogens with zero attached hydrogens (tertiary/aromatic N) is 1. The summed E-state index contributed by atoms with van der Waals surface area (Å²) in [4.78, 5) is 22.6. The van der Waals surface area contributed by atoms with Crippen LogP contribution >= 0.6 is 0 Å². The predicted octanol–water partition coefficient (Wildman–Crippen LogP) is 2.30. The van der Waals surface area contributed by atoms with Gasteiger partial charge in [-0.15, -0.1) is 0 Å². The molecule has 0 aliphatic rings. The summed E-state index contributed by atoms with van der Waals surface area (Å²) in [6, 6.07) is 0.592. The largest absolute Gasteiger partial charge is 0.500 e. The zero-order valence-electron chi connectivity index (χ0n) is 17.6. The monoisotopic (exact) mass is 408 g/mol. The molecule has 0 aliphatic carbocycles. The molecule has 0 aromatic carbocycles. The molecule has 0 fully saturated rings. The van der Waals surface area contributed by atoms with Gasteiger partial charge in [0.2, 0.25) is 0 Å². The highest BCUT2D eigenvalue weighted by atomic mass is 28.4. The summed E-state index contributed by atoms with van der Waals surface area (Å²) in [5, 5.41) is 8.70. The summed E-state index contributed by atoms with van der Waals surface area (Å²) < 4.78 is 23.3. The Balaban J connectivity index is 4.18. The Morgan fingerprint density at radius 2 is 1.44 bits per heavy atom. The van der Waals surface area contributed by atoms with E-state index >= 15 is 0 Å². The van der Waals surface area contributed by atoms with Crippen LogP contribution in [0.1, 0.15) is 46.5 Å². The number of hydrogen-bond acceptors (Lipinski definition) is 6. The lowest BCUT2D eigenvalue weighted by Gasteiger charge is -2.29. The smallest absolute Gasteiger partial charge is 0.481 e. The highest BCUT2D eigenvalue weighted by molar-refractivity contribution is 6.60. The lowest BCUT2D eigenvalue weighted by Crippen LogP contribution is -2.46. The van der Waals surface area contributed by atoms with Gasteiger partial charge in [-0.1, -0.05) is 0 Å².